The predicted octanol–water partition coefficient (Wildman–Crippen LogP) is 5.38. The smallest absolute Gasteiger partial charge is 0.282 e. The van der Waals surface area contributed by atoms with Crippen LogP contribution in [0.25, 0.3) is 5.57 Å². The van der Waals surface area contributed by atoms with Gasteiger partial charge in [-0.15, -0.1) is 0 Å². The van der Waals surface area contributed by atoms with Crippen molar-refractivity contribution in [2.45, 2.75) is 20.8 Å². The third kappa shape index (κ3) is 4.24. The van der Waals surface area contributed by atoms with E-state index in [9.17, 15) is 14.0 Å². The highest BCUT2D eigenvalue weighted by Gasteiger charge is 2.40. The molecule has 1 heterocycles. The molecule has 0 saturated heterocycles. The van der Waals surface area contributed by atoms with Crippen molar-refractivity contribution in [1.82, 2.24) is 0 Å². The Bertz CT molecular complexity index is 1210. The molecule has 168 valence electrons. The Balaban J connectivity index is 1.75. The molecule has 0 atom stereocenters. The number of imide groups is 1. The number of amides is 2. The molecule has 1 aliphatic heterocycles. The molecular weight excluding hydrogens is 417 g/mol. The maximum Gasteiger partial charge on any atom is 0.282 e. The summed E-state index contributed by atoms with van der Waals surface area (Å²) in [5.41, 5.74) is 3.97. The maximum atomic E-state index is 13.5. The molecule has 0 fully saturated rings. The van der Waals surface area contributed by atoms with Crippen LogP contribution in [0.1, 0.15) is 25.0 Å². The van der Waals surface area contributed by atoms with E-state index in [0.717, 1.165) is 24.3 Å². The van der Waals surface area contributed by atoms with Crippen molar-refractivity contribution in [1.29, 1.82) is 0 Å². The second kappa shape index (κ2) is 9.28. The van der Waals surface area contributed by atoms with Crippen LogP contribution in [0.3, 0.4) is 0 Å². The molecule has 0 bridgehead atoms. The molecule has 3 aromatic carbocycles. The van der Waals surface area contributed by atoms with Gasteiger partial charge in [-0.1, -0.05) is 30.3 Å². The van der Waals surface area contributed by atoms with Crippen LogP contribution in [-0.4, -0.2) is 24.9 Å². The van der Waals surface area contributed by atoms with Crippen molar-refractivity contribution in [3.63, 3.8) is 0 Å². The number of anilines is 3. The van der Waals surface area contributed by atoms with Crippen LogP contribution in [0.2, 0.25) is 0 Å². The fourth-order valence-corrected chi connectivity index (χ4v) is 4.05. The number of benzene rings is 3. The van der Waals surface area contributed by atoms with E-state index in [1.165, 1.54) is 29.2 Å². The Kier molecular flexibility index (Phi) is 6.27. The van der Waals surface area contributed by atoms with E-state index < -0.39 is 17.6 Å². The Morgan fingerprint density at radius 2 is 1.48 bits per heavy atom. The van der Waals surface area contributed by atoms with E-state index in [2.05, 4.69) is 24.1 Å². The van der Waals surface area contributed by atoms with E-state index in [0.29, 0.717) is 16.9 Å². The first-order valence-corrected chi connectivity index (χ1v) is 11.0. The number of halogens is 1. The van der Waals surface area contributed by atoms with Gasteiger partial charge >= 0.3 is 0 Å². The number of carbonyl (C=O) groups is 2. The average Bonchev–Trinajstić information content (AvgIpc) is 3.06. The van der Waals surface area contributed by atoms with Crippen LogP contribution in [0.5, 0.6) is 0 Å². The zero-order valence-corrected chi connectivity index (χ0v) is 18.9. The molecule has 0 saturated carbocycles. The summed E-state index contributed by atoms with van der Waals surface area (Å²) in [5.74, 6) is -1.29. The Labute approximate surface area is 193 Å². The van der Waals surface area contributed by atoms with Gasteiger partial charge in [0.15, 0.2) is 0 Å². The molecule has 0 unspecified atom stereocenters. The number of rotatable bonds is 7. The van der Waals surface area contributed by atoms with Crippen molar-refractivity contribution in [3.8, 4) is 0 Å². The molecule has 33 heavy (non-hydrogen) atoms. The molecule has 1 N–H and O–H groups in total. The number of hydrogen-bond acceptors (Lipinski definition) is 4. The largest absolute Gasteiger partial charge is 0.372 e. The van der Waals surface area contributed by atoms with Crippen LogP contribution in [0.4, 0.5) is 21.5 Å². The molecule has 6 heteroatoms. The summed E-state index contributed by atoms with van der Waals surface area (Å²) in [6.07, 6.45) is 0. The fraction of sp³-hybridized carbons (Fsp3) is 0.185. The first kappa shape index (κ1) is 22.3. The molecule has 0 aromatic heterocycles. The highest BCUT2D eigenvalue weighted by atomic mass is 19.1. The number of aryl methyl sites for hydroxylation is 1. The summed E-state index contributed by atoms with van der Waals surface area (Å²) in [6, 6.07) is 20.6. The Morgan fingerprint density at radius 3 is 2.09 bits per heavy atom. The SMILES string of the molecule is CCN(CC)c1ccc(NC2=C(c3ccc(F)cc3)C(=O)N(c3ccccc3C)C2=O)cc1. The van der Waals surface area contributed by atoms with Gasteiger partial charge in [-0.25, -0.2) is 9.29 Å². The lowest BCUT2D eigenvalue weighted by Crippen LogP contribution is -2.33. The first-order chi connectivity index (χ1) is 15.9. The quantitative estimate of drug-likeness (QED) is 0.499. The van der Waals surface area contributed by atoms with Crippen LogP contribution in [0.15, 0.2) is 78.5 Å². The summed E-state index contributed by atoms with van der Waals surface area (Å²) in [5, 5.41) is 3.16. The lowest BCUT2D eigenvalue weighted by atomic mass is 10.0. The number of carbonyl (C=O) groups excluding carboxylic acids is 2. The van der Waals surface area contributed by atoms with Gasteiger partial charge in [0.05, 0.1) is 11.3 Å². The number of para-hydroxylation sites is 1. The van der Waals surface area contributed by atoms with E-state index in [4.69, 9.17) is 0 Å². The minimum absolute atomic E-state index is 0.172. The Morgan fingerprint density at radius 1 is 0.848 bits per heavy atom. The summed E-state index contributed by atoms with van der Waals surface area (Å²) < 4.78 is 13.5. The third-order valence-corrected chi connectivity index (χ3v) is 5.84. The van der Waals surface area contributed by atoms with Gasteiger partial charge < -0.3 is 10.2 Å². The lowest BCUT2D eigenvalue weighted by molar-refractivity contribution is -0.120. The molecule has 0 spiro atoms. The summed E-state index contributed by atoms with van der Waals surface area (Å²) >= 11 is 0. The lowest BCUT2D eigenvalue weighted by Gasteiger charge is -2.21. The monoisotopic (exact) mass is 443 g/mol. The zero-order chi connectivity index (χ0) is 23.5. The van der Waals surface area contributed by atoms with Crippen molar-refractivity contribution in [2.24, 2.45) is 0 Å². The van der Waals surface area contributed by atoms with Gasteiger partial charge in [-0.2, -0.15) is 0 Å². The highest BCUT2D eigenvalue weighted by Crippen LogP contribution is 2.35. The van der Waals surface area contributed by atoms with Crippen LogP contribution in [0, 0.1) is 12.7 Å². The summed E-state index contributed by atoms with van der Waals surface area (Å²) in [6.45, 7) is 7.82. The molecular formula is C27H26FN3O2. The molecule has 0 radical (unpaired) electrons. The second-order valence-corrected chi connectivity index (χ2v) is 7.83. The van der Waals surface area contributed by atoms with E-state index in [-0.39, 0.29) is 11.3 Å². The topological polar surface area (TPSA) is 52.7 Å². The third-order valence-electron chi connectivity index (χ3n) is 5.84. The number of nitrogens with one attached hydrogen (secondary N) is 1. The maximum absolute atomic E-state index is 13.5. The van der Waals surface area contributed by atoms with Crippen molar-refractivity contribution in [2.75, 3.05) is 28.2 Å². The molecule has 2 amide bonds. The normalized spacial score (nSPS) is 13.6. The van der Waals surface area contributed by atoms with Crippen molar-refractivity contribution < 1.29 is 14.0 Å². The number of nitrogens with zero attached hydrogens (tertiary/aromatic N) is 2. The van der Waals surface area contributed by atoms with E-state index in [1.807, 2.05) is 43.3 Å². The minimum Gasteiger partial charge on any atom is -0.372 e. The highest BCUT2D eigenvalue weighted by molar-refractivity contribution is 6.46. The van der Waals surface area contributed by atoms with Gasteiger partial charge in [0.1, 0.15) is 11.5 Å². The van der Waals surface area contributed by atoms with Gasteiger partial charge in [0.2, 0.25) is 0 Å². The molecule has 4 rings (SSSR count). The van der Waals surface area contributed by atoms with Gasteiger partial charge in [0, 0.05) is 24.5 Å². The van der Waals surface area contributed by atoms with Crippen molar-refractivity contribution in [3.05, 3.63) is 95.4 Å². The van der Waals surface area contributed by atoms with Crippen molar-refractivity contribution >= 4 is 34.4 Å². The first-order valence-electron chi connectivity index (χ1n) is 11.0. The molecule has 3 aromatic rings. The van der Waals surface area contributed by atoms with E-state index >= 15 is 0 Å². The van der Waals surface area contributed by atoms with Crippen LogP contribution < -0.4 is 15.1 Å². The number of hydrogen-bond donors (Lipinski definition) is 1. The second-order valence-electron chi connectivity index (χ2n) is 7.83. The predicted molar refractivity (Wildman–Crippen MR) is 131 cm³/mol. The fourth-order valence-electron chi connectivity index (χ4n) is 4.05. The zero-order valence-electron chi connectivity index (χ0n) is 18.9. The van der Waals surface area contributed by atoms with Crippen LogP contribution >= 0.6 is 0 Å². The standard InChI is InChI=1S/C27H26FN3O2/c1-4-30(5-2)22-16-14-21(15-17-22)29-25-24(19-10-12-20(28)13-11-19)26(32)31(27(25)33)23-9-7-6-8-18(23)3/h6-17,29H,4-5H2,1-3H3. The van der Waals surface area contributed by atoms with Gasteiger partial charge in [-0.3, -0.25) is 9.59 Å². The Hall–Kier alpha value is -3.93. The van der Waals surface area contributed by atoms with E-state index in [1.54, 1.807) is 12.1 Å². The minimum atomic E-state index is -0.443. The van der Waals surface area contributed by atoms with Gasteiger partial charge in [0.25, 0.3) is 11.8 Å². The van der Waals surface area contributed by atoms with Gasteiger partial charge in [-0.05, 0) is 74.4 Å². The average molecular weight is 444 g/mol. The molecule has 1 aliphatic rings. The van der Waals surface area contributed by atoms with Crippen LogP contribution in [-0.2, 0) is 9.59 Å². The molecule has 5 nitrogen and oxygen atoms in total. The molecule has 0 aliphatic carbocycles. The summed E-state index contributed by atoms with van der Waals surface area (Å²) in [7, 11) is 0. The summed E-state index contributed by atoms with van der Waals surface area (Å²) in [4.78, 5) is 30.4.